The molecule has 19 heteroatoms. The maximum Gasteiger partial charge on any atom is 0.317 e. The number of hydrogen-bond donors (Lipinski definition) is 2. The number of rotatable bonds is 13. The lowest BCUT2D eigenvalue weighted by Gasteiger charge is -2.21. The van der Waals surface area contributed by atoms with Gasteiger partial charge in [0.05, 0.1) is 44.1 Å². The Kier molecular flexibility index (Phi) is 9.92. The first-order valence-corrected chi connectivity index (χ1v) is 18.4. The fourth-order valence-electron chi connectivity index (χ4n) is 4.22. The van der Waals surface area contributed by atoms with Crippen molar-refractivity contribution in [2.75, 3.05) is 33.0 Å². The van der Waals surface area contributed by atoms with Crippen molar-refractivity contribution in [3.05, 3.63) is 60.3 Å². The molecule has 0 saturated heterocycles. The molecular formula is C28H28N2O14S3. The second kappa shape index (κ2) is 13.4. The van der Waals surface area contributed by atoms with Crippen molar-refractivity contribution < 1.29 is 62.2 Å². The number of aromatic nitrogens is 2. The molecule has 0 atom stereocenters. The number of aromatic hydroxyl groups is 2. The minimum atomic E-state index is -4.21. The van der Waals surface area contributed by atoms with E-state index in [2.05, 4.69) is 9.97 Å². The van der Waals surface area contributed by atoms with E-state index >= 15 is 0 Å². The maximum atomic E-state index is 12.5. The minimum Gasteiger partial charge on any atom is -0.496 e. The van der Waals surface area contributed by atoms with E-state index in [1.807, 2.05) is 0 Å². The topological polar surface area (TPSA) is 224 Å². The van der Waals surface area contributed by atoms with Crippen LogP contribution in [0.2, 0.25) is 0 Å². The molecule has 0 saturated carbocycles. The summed E-state index contributed by atoms with van der Waals surface area (Å²) in [6.45, 7) is -0.367. The molecule has 3 aromatic carbocycles. The van der Waals surface area contributed by atoms with Crippen LogP contribution < -0.4 is 26.8 Å². The van der Waals surface area contributed by atoms with Crippen LogP contribution in [-0.2, 0) is 37.0 Å². The van der Waals surface area contributed by atoms with E-state index in [4.69, 9.17) is 26.8 Å². The SMILES string of the molecule is COc1cc(-c2ccc(OS(C)(=O)=O)cc2)c(OC)c(OS(C)(=O)=O)c1-c1ccc(OCc2cnc(O)nc2O)c(OS(C)(=O)=O)c1. The Labute approximate surface area is 270 Å². The first-order valence-electron chi connectivity index (χ1n) is 13.0. The van der Waals surface area contributed by atoms with Crippen LogP contribution in [0.1, 0.15) is 5.56 Å². The van der Waals surface area contributed by atoms with Crippen LogP contribution >= 0.6 is 0 Å². The highest BCUT2D eigenvalue weighted by Crippen LogP contribution is 2.52. The zero-order chi connectivity index (χ0) is 34.7. The Morgan fingerprint density at radius 1 is 0.681 bits per heavy atom. The van der Waals surface area contributed by atoms with E-state index in [1.54, 1.807) is 0 Å². The summed E-state index contributed by atoms with van der Waals surface area (Å²) in [6, 6.07) is 10.6. The Morgan fingerprint density at radius 2 is 1.30 bits per heavy atom. The van der Waals surface area contributed by atoms with E-state index in [0.29, 0.717) is 5.56 Å². The zero-order valence-electron chi connectivity index (χ0n) is 25.3. The highest BCUT2D eigenvalue weighted by Gasteiger charge is 2.27. The molecule has 0 spiro atoms. The van der Waals surface area contributed by atoms with Gasteiger partial charge in [0.1, 0.15) is 18.1 Å². The molecule has 16 nitrogen and oxygen atoms in total. The first kappa shape index (κ1) is 34.9. The number of hydrogen-bond acceptors (Lipinski definition) is 16. The lowest BCUT2D eigenvalue weighted by molar-refractivity contribution is 0.285. The van der Waals surface area contributed by atoms with Gasteiger partial charge in [-0.15, -0.1) is 0 Å². The van der Waals surface area contributed by atoms with Crippen molar-refractivity contribution >= 4 is 30.4 Å². The standard InChI is InChI=1S/C28H28N2O14S3/c1-39-23-13-20(16-6-9-19(10-7-16)42-45(3,33)34)25(40-2)26(44-47(5,37)38)24(23)17-8-11-21(22(12-17)43-46(4,35)36)41-15-18-14-29-28(32)30-27(18)31/h6-14H,15H2,1-5H3,(H2,29,30,31,32). The van der Waals surface area contributed by atoms with Gasteiger partial charge in [0.25, 0.3) is 0 Å². The van der Waals surface area contributed by atoms with Gasteiger partial charge in [-0.2, -0.15) is 30.2 Å². The summed E-state index contributed by atoms with van der Waals surface area (Å²) in [7, 11) is -9.57. The lowest BCUT2D eigenvalue weighted by atomic mass is 9.96. The monoisotopic (exact) mass is 712 g/mol. The number of nitrogens with zero attached hydrogens (tertiary/aromatic N) is 2. The van der Waals surface area contributed by atoms with Gasteiger partial charge in [0.15, 0.2) is 23.0 Å². The van der Waals surface area contributed by atoms with Gasteiger partial charge in [-0.3, -0.25) is 0 Å². The summed E-state index contributed by atoms with van der Waals surface area (Å²) in [5, 5.41) is 19.3. The number of benzene rings is 3. The average molecular weight is 713 g/mol. The normalized spacial score (nSPS) is 11.9. The predicted octanol–water partition coefficient (Wildman–Crippen LogP) is 2.83. The largest absolute Gasteiger partial charge is 0.496 e. The smallest absolute Gasteiger partial charge is 0.317 e. The third kappa shape index (κ3) is 9.05. The van der Waals surface area contributed by atoms with E-state index in [1.165, 1.54) is 62.8 Å². The summed E-state index contributed by atoms with van der Waals surface area (Å²) in [5.41, 5.74) is 0.923. The summed E-state index contributed by atoms with van der Waals surface area (Å²) >= 11 is 0. The van der Waals surface area contributed by atoms with Gasteiger partial charge in [0.2, 0.25) is 5.88 Å². The molecule has 0 bridgehead atoms. The van der Waals surface area contributed by atoms with Crippen LogP contribution in [-0.4, -0.2) is 78.4 Å². The molecule has 2 N–H and O–H groups in total. The molecule has 0 aliphatic rings. The molecule has 4 rings (SSSR count). The molecule has 0 aliphatic heterocycles. The van der Waals surface area contributed by atoms with Crippen molar-refractivity contribution in [3.63, 3.8) is 0 Å². The van der Waals surface area contributed by atoms with Gasteiger partial charge in [-0.1, -0.05) is 18.2 Å². The predicted molar refractivity (Wildman–Crippen MR) is 167 cm³/mol. The molecule has 1 heterocycles. The van der Waals surface area contributed by atoms with Crippen molar-refractivity contribution in [2.45, 2.75) is 6.61 Å². The highest BCUT2D eigenvalue weighted by molar-refractivity contribution is 7.86. The zero-order valence-corrected chi connectivity index (χ0v) is 27.8. The molecule has 4 aromatic rings. The number of ether oxygens (including phenoxy) is 3. The molecule has 1 aromatic heterocycles. The van der Waals surface area contributed by atoms with Crippen molar-refractivity contribution in [2.24, 2.45) is 0 Å². The number of methoxy groups -OCH3 is 2. The van der Waals surface area contributed by atoms with Crippen LogP contribution in [0.15, 0.2) is 54.7 Å². The van der Waals surface area contributed by atoms with E-state index in [-0.39, 0.29) is 63.4 Å². The van der Waals surface area contributed by atoms with Crippen LogP contribution in [0.3, 0.4) is 0 Å². The third-order valence-electron chi connectivity index (χ3n) is 5.96. The molecule has 0 radical (unpaired) electrons. The van der Waals surface area contributed by atoms with Gasteiger partial charge in [0, 0.05) is 11.8 Å². The minimum absolute atomic E-state index is 0.0186. The molecular weight excluding hydrogens is 685 g/mol. The van der Waals surface area contributed by atoms with Crippen molar-refractivity contribution in [3.8, 4) is 68.6 Å². The van der Waals surface area contributed by atoms with Crippen LogP contribution in [0.5, 0.6) is 46.4 Å². The summed E-state index contributed by atoms with van der Waals surface area (Å²) < 4.78 is 105. The molecule has 0 amide bonds. The molecule has 0 fully saturated rings. The van der Waals surface area contributed by atoms with Gasteiger partial charge < -0.3 is 37.0 Å². The Bertz CT molecular complexity index is 2140. The second-order valence-electron chi connectivity index (χ2n) is 9.72. The van der Waals surface area contributed by atoms with Crippen molar-refractivity contribution in [1.82, 2.24) is 9.97 Å². The van der Waals surface area contributed by atoms with Crippen LogP contribution in [0, 0.1) is 0 Å². The summed E-state index contributed by atoms with van der Waals surface area (Å²) in [4.78, 5) is 6.98. The van der Waals surface area contributed by atoms with E-state index in [9.17, 15) is 35.5 Å². The fourth-order valence-corrected chi connectivity index (χ4v) is 5.60. The third-order valence-corrected chi connectivity index (χ3v) is 7.40. The Morgan fingerprint density at radius 3 is 1.85 bits per heavy atom. The van der Waals surface area contributed by atoms with Gasteiger partial charge in [-0.05, 0) is 41.5 Å². The first-order chi connectivity index (χ1) is 21.9. The quantitative estimate of drug-likeness (QED) is 0.190. The fraction of sp³-hybridized carbons (Fsp3) is 0.214. The molecule has 252 valence electrons. The Hall–Kier alpha value is -5.01. The average Bonchev–Trinajstić information content (AvgIpc) is 2.94. The summed E-state index contributed by atoms with van der Waals surface area (Å²) in [5.74, 6) is -1.34. The maximum absolute atomic E-state index is 12.5. The van der Waals surface area contributed by atoms with Crippen LogP contribution in [0.4, 0.5) is 0 Å². The van der Waals surface area contributed by atoms with Gasteiger partial charge in [-0.25, -0.2) is 4.98 Å². The second-order valence-corrected chi connectivity index (χ2v) is 14.4. The molecule has 0 unspecified atom stereocenters. The van der Waals surface area contributed by atoms with Gasteiger partial charge >= 0.3 is 36.4 Å². The lowest BCUT2D eigenvalue weighted by Crippen LogP contribution is -2.10. The van der Waals surface area contributed by atoms with E-state index < -0.39 is 42.2 Å². The Balaban J connectivity index is 1.90. The van der Waals surface area contributed by atoms with E-state index in [0.717, 1.165) is 25.0 Å². The summed E-state index contributed by atoms with van der Waals surface area (Å²) in [6.07, 6.45) is 3.60. The highest BCUT2D eigenvalue weighted by atomic mass is 32.2. The molecule has 0 aliphatic carbocycles. The van der Waals surface area contributed by atoms with Crippen molar-refractivity contribution in [1.29, 1.82) is 0 Å². The molecule has 47 heavy (non-hydrogen) atoms. The van der Waals surface area contributed by atoms with Crippen LogP contribution in [0.25, 0.3) is 22.3 Å².